The predicted molar refractivity (Wildman–Crippen MR) is 56.2 cm³/mol. The van der Waals surface area contributed by atoms with Crippen LogP contribution in [0.1, 0.15) is 46.2 Å². The minimum atomic E-state index is -0.175. The minimum absolute atomic E-state index is 0.101. The highest BCUT2D eigenvalue weighted by Crippen LogP contribution is 2.28. The Kier molecular flexibility index (Phi) is 2.69. The van der Waals surface area contributed by atoms with Gasteiger partial charge in [-0.3, -0.25) is 0 Å². The third kappa shape index (κ3) is 2.37. The quantitative estimate of drug-likeness (QED) is 0.749. The van der Waals surface area contributed by atoms with Crippen molar-refractivity contribution in [3.63, 3.8) is 0 Å². The van der Waals surface area contributed by atoms with Gasteiger partial charge in [-0.25, -0.2) is 4.98 Å². The van der Waals surface area contributed by atoms with E-state index in [1.807, 2.05) is 34.6 Å². The van der Waals surface area contributed by atoms with Gasteiger partial charge in [-0.15, -0.1) is 0 Å². The molecule has 3 nitrogen and oxygen atoms in total. The van der Waals surface area contributed by atoms with E-state index in [9.17, 15) is 5.11 Å². The Bertz CT molecular complexity index is 352. The molecule has 0 amide bonds. The first kappa shape index (κ1) is 10.8. The summed E-state index contributed by atoms with van der Waals surface area (Å²) in [5, 5.41) is 9.47. The van der Waals surface area contributed by atoms with Crippen LogP contribution in [0.25, 0.3) is 6.08 Å². The summed E-state index contributed by atoms with van der Waals surface area (Å²) in [6.45, 7) is 9.87. The molecule has 1 aromatic rings. The number of aromatic hydroxyl groups is 1. The Balaban J connectivity index is 3.12. The smallest absolute Gasteiger partial charge is 0.310 e. The molecule has 0 bridgehead atoms. The maximum Gasteiger partial charge on any atom is 0.310 e. The summed E-state index contributed by atoms with van der Waals surface area (Å²) in [5.74, 6) is 0.457. The molecule has 0 saturated carbocycles. The van der Waals surface area contributed by atoms with E-state index in [1.54, 1.807) is 6.08 Å². The lowest BCUT2D eigenvalue weighted by atomic mass is 9.97. The van der Waals surface area contributed by atoms with E-state index in [2.05, 4.69) is 4.98 Å². The summed E-state index contributed by atoms with van der Waals surface area (Å²) in [5.41, 5.74) is 1.41. The van der Waals surface area contributed by atoms with Gasteiger partial charge in [0, 0.05) is 5.41 Å². The van der Waals surface area contributed by atoms with Crippen LogP contribution in [-0.2, 0) is 5.41 Å². The van der Waals surface area contributed by atoms with E-state index in [-0.39, 0.29) is 11.4 Å². The maximum absolute atomic E-state index is 9.47. The van der Waals surface area contributed by atoms with Gasteiger partial charge in [-0.2, -0.15) is 0 Å². The summed E-state index contributed by atoms with van der Waals surface area (Å²) >= 11 is 0. The lowest BCUT2D eigenvalue weighted by molar-refractivity contribution is 0.290. The van der Waals surface area contributed by atoms with Crippen molar-refractivity contribution in [2.24, 2.45) is 0 Å². The fourth-order valence-electron chi connectivity index (χ4n) is 1.01. The van der Waals surface area contributed by atoms with Crippen LogP contribution in [0, 0.1) is 0 Å². The SMILES string of the molecule is CC(C)=Cc1nc(C(C)(C)C)oc1O. The first-order valence-electron chi connectivity index (χ1n) is 4.66. The van der Waals surface area contributed by atoms with Gasteiger partial charge in [0.1, 0.15) is 5.69 Å². The van der Waals surface area contributed by atoms with E-state index < -0.39 is 0 Å². The molecule has 78 valence electrons. The fourth-order valence-corrected chi connectivity index (χ4v) is 1.01. The third-order valence-corrected chi connectivity index (χ3v) is 1.70. The predicted octanol–water partition coefficient (Wildman–Crippen LogP) is 3.10. The van der Waals surface area contributed by atoms with Gasteiger partial charge < -0.3 is 9.52 Å². The minimum Gasteiger partial charge on any atom is -0.479 e. The van der Waals surface area contributed by atoms with Crippen LogP contribution in [0.15, 0.2) is 9.99 Å². The summed E-state index contributed by atoms with van der Waals surface area (Å²) in [7, 11) is 0. The zero-order valence-electron chi connectivity index (χ0n) is 9.38. The van der Waals surface area contributed by atoms with Crippen molar-refractivity contribution in [2.45, 2.75) is 40.0 Å². The molecule has 0 aromatic carbocycles. The number of hydrogen-bond donors (Lipinski definition) is 1. The fraction of sp³-hybridized carbons (Fsp3) is 0.545. The molecule has 0 aliphatic heterocycles. The second kappa shape index (κ2) is 3.48. The van der Waals surface area contributed by atoms with E-state index in [0.717, 1.165) is 5.57 Å². The monoisotopic (exact) mass is 195 g/mol. The molecular formula is C11H17NO2. The van der Waals surface area contributed by atoms with Gasteiger partial charge in [-0.1, -0.05) is 26.3 Å². The summed E-state index contributed by atoms with van der Waals surface area (Å²) in [6.07, 6.45) is 1.80. The number of hydrogen-bond acceptors (Lipinski definition) is 3. The molecule has 1 aromatic heterocycles. The van der Waals surface area contributed by atoms with Crippen LogP contribution in [0.5, 0.6) is 5.95 Å². The zero-order chi connectivity index (χ0) is 10.9. The largest absolute Gasteiger partial charge is 0.479 e. The molecule has 3 heteroatoms. The first-order chi connectivity index (χ1) is 6.30. The van der Waals surface area contributed by atoms with Crippen molar-refractivity contribution in [1.82, 2.24) is 4.98 Å². The Morgan fingerprint density at radius 2 is 1.93 bits per heavy atom. The molecule has 0 spiro atoms. The Labute approximate surface area is 84.5 Å². The van der Waals surface area contributed by atoms with E-state index in [4.69, 9.17) is 4.42 Å². The molecule has 1 heterocycles. The Morgan fingerprint density at radius 3 is 2.29 bits per heavy atom. The zero-order valence-corrected chi connectivity index (χ0v) is 9.38. The van der Waals surface area contributed by atoms with Crippen molar-refractivity contribution >= 4 is 6.08 Å². The van der Waals surface area contributed by atoms with Crippen molar-refractivity contribution < 1.29 is 9.52 Å². The lowest BCUT2D eigenvalue weighted by Crippen LogP contribution is -2.11. The molecule has 1 rings (SSSR count). The van der Waals surface area contributed by atoms with Crippen LogP contribution in [0.2, 0.25) is 0 Å². The molecular weight excluding hydrogens is 178 g/mol. The van der Waals surface area contributed by atoms with Crippen LogP contribution < -0.4 is 0 Å². The van der Waals surface area contributed by atoms with Gasteiger partial charge in [0.2, 0.25) is 5.89 Å². The lowest BCUT2D eigenvalue weighted by Gasteiger charge is -2.11. The molecule has 0 radical (unpaired) electrons. The van der Waals surface area contributed by atoms with Gasteiger partial charge in [-0.05, 0) is 19.9 Å². The molecule has 0 saturated heterocycles. The average Bonchev–Trinajstić information content (AvgIpc) is 2.30. The van der Waals surface area contributed by atoms with Crippen molar-refractivity contribution in [1.29, 1.82) is 0 Å². The van der Waals surface area contributed by atoms with Gasteiger partial charge in [0.15, 0.2) is 0 Å². The summed E-state index contributed by atoms with van der Waals surface area (Å²) < 4.78 is 5.18. The number of oxazole rings is 1. The van der Waals surface area contributed by atoms with E-state index >= 15 is 0 Å². The number of allylic oxidation sites excluding steroid dienone is 1. The molecule has 0 atom stereocenters. The van der Waals surface area contributed by atoms with Gasteiger partial charge >= 0.3 is 5.95 Å². The normalized spacial score (nSPS) is 11.5. The van der Waals surface area contributed by atoms with Crippen LogP contribution in [0.4, 0.5) is 0 Å². The van der Waals surface area contributed by atoms with Gasteiger partial charge in [0.05, 0.1) is 0 Å². The van der Waals surface area contributed by atoms with Gasteiger partial charge in [0.25, 0.3) is 0 Å². The van der Waals surface area contributed by atoms with E-state index in [1.165, 1.54) is 0 Å². The highest BCUT2D eigenvalue weighted by molar-refractivity contribution is 5.51. The number of rotatable bonds is 1. The highest BCUT2D eigenvalue weighted by atomic mass is 16.5. The molecule has 0 unspecified atom stereocenters. The molecule has 1 N–H and O–H groups in total. The summed E-state index contributed by atoms with van der Waals surface area (Å²) in [4.78, 5) is 4.23. The topological polar surface area (TPSA) is 46.3 Å². The Hall–Kier alpha value is -1.25. The molecule has 0 aliphatic carbocycles. The highest BCUT2D eigenvalue weighted by Gasteiger charge is 2.22. The van der Waals surface area contributed by atoms with Crippen molar-refractivity contribution in [3.8, 4) is 5.95 Å². The molecule has 0 fully saturated rings. The first-order valence-corrected chi connectivity index (χ1v) is 4.66. The number of aromatic nitrogens is 1. The standard InChI is InChI=1S/C11H17NO2/c1-7(2)6-8-9(13)14-10(12-8)11(3,4)5/h6,13H,1-5H3. The number of nitrogens with zero attached hydrogens (tertiary/aromatic N) is 1. The maximum atomic E-state index is 9.47. The third-order valence-electron chi connectivity index (χ3n) is 1.70. The second-order valence-electron chi connectivity index (χ2n) is 4.68. The average molecular weight is 195 g/mol. The van der Waals surface area contributed by atoms with E-state index in [0.29, 0.717) is 11.6 Å². The van der Waals surface area contributed by atoms with Crippen molar-refractivity contribution in [3.05, 3.63) is 17.2 Å². The van der Waals surface area contributed by atoms with Crippen molar-refractivity contribution in [2.75, 3.05) is 0 Å². The Morgan fingerprint density at radius 1 is 1.36 bits per heavy atom. The molecule has 14 heavy (non-hydrogen) atoms. The van der Waals surface area contributed by atoms with Crippen LogP contribution in [0.3, 0.4) is 0 Å². The van der Waals surface area contributed by atoms with Crippen LogP contribution >= 0.6 is 0 Å². The molecule has 0 aliphatic rings. The summed E-state index contributed by atoms with van der Waals surface area (Å²) in [6, 6.07) is 0. The van der Waals surface area contributed by atoms with Crippen LogP contribution in [-0.4, -0.2) is 10.1 Å². The second-order valence-corrected chi connectivity index (χ2v) is 4.68.